The Morgan fingerprint density at radius 1 is 1.04 bits per heavy atom. The third-order valence-electron chi connectivity index (χ3n) is 5.47. The highest BCUT2D eigenvalue weighted by Crippen LogP contribution is 2.50. The number of hydrogen-bond acceptors (Lipinski definition) is 4. The van der Waals surface area contributed by atoms with Crippen molar-refractivity contribution < 1.29 is 40.9 Å². The van der Waals surface area contributed by atoms with Gasteiger partial charge in [0.05, 0.1) is 6.10 Å². The fourth-order valence-corrected chi connectivity index (χ4v) is 4.33. The van der Waals surface area contributed by atoms with Crippen LogP contribution in [-0.4, -0.2) is 48.5 Å². The first-order valence-electron chi connectivity index (χ1n) is 8.44. The first kappa shape index (κ1) is 20.1. The van der Waals surface area contributed by atoms with Gasteiger partial charge in [-0.3, -0.25) is 0 Å². The molecule has 0 amide bonds. The van der Waals surface area contributed by atoms with Gasteiger partial charge in [0.2, 0.25) is 0 Å². The van der Waals surface area contributed by atoms with E-state index in [4.69, 9.17) is 0 Å². The number of halogens is 6. The van der Waals surface area contributed by atoms with Gasteiger partial charge >= 0.3 is 12.7 Å². The van der Waals surface area contributed by atoms with Gasteiger partial charge in [-0.2, -0.15) is 0 Å². The number of ether oxygens (including phenoxy) is 2. The highest BCUT2D eigenvalue weighted by Gasteiger charge is 2.50. The summed E-state index contributed by atoms with van der Waals surface area (Å²) in [4.78, 5) is 2.02. The van der Waals surface area contributed by atoms with Gasteiger partial charge in [-0.25, -0.2) is 0 Å². The Hall–Kier alpha value is -1.68. The van der Waals surface area contributed by atoms with Crippen LogP contribution in [0.15, 0.2) is 18.2 Å². The minimum atomic E-state index is -5.16. The summed E-state index contributed by atoms with van der Waals surface area (Å²) in [7, 11) is 1.86. The van der Waals surface area contributed by atoms with Crippen molar-refractivity contribution >= 4 is 0 Å². The number of likely N-dealkylation sites (tertiary alicyclic amines) is 1. The molecular formula is C17H19F6NO3. The molecule has 0 unspecified atom stereocenters. The molecule has 2 fully saturated rings. The third-order valence-corrected chi connectivity index (χ3v) is 5.47. The van der Waals surface area contributed by atoms with E-state index in [0.717, 1.165) is 12.1 Å². The van der Waals surface area contributed by atoms with Crippen LogP contribution in [0.2, 0.25) is 0 Å². The first-order valence-corrected chi connectivity index (χ1v) is 8.44. The maximum Gasteiger partial charge on any atom is 0.573 e. The number of fused-ring (bicyclic) bond motifs is 1. The molecule has 1 aromatic carbocycles. The molecule has 1 aliphatic heterocycles. The monoisotopic (exact) mass is 399 g/mol. The van der Waals surface area contributed by atoms with Gasteiger partial charge < -0.3 is 19.5 Å². The number of hydrogen-bond donors (Lipinski definition) is 1. The van der Waals surface area contributed by atoms with Gasteiger partial charge in [-0.1, -0.05) is 6.07 Å². The van der Waals surface area contributed by atoms with Crippen molar-refractivity contribution in [1.29, 1.82) is 0 Å². The van der Waals surface area contributed by atoms with Gasteiger partial charge in [-0.15, -0.1) is 26.3 Å². The summed E-state index contributed by atoms with van der Waals surface area (Å²) >= 11 is 0. The van der Waals surface area contributed by atoms with Gasteiger partial charge in [0, 0.05) is 11.5 Å². The molecule has 4 nitrogen and oxygen atoms in total. The van der Waals surface area contributed by atoms with Gasteiger partial charge in [0.25, 0.3) is 0 Å². The van der Waals surface area contributed by atoms with Crippen LogP contribution in [0.4, 0.5) is 26.3 Å². The second kappa shape index (κ2) is 6.73. The molecule has 1 saturated heterocycles. The summed E-state index contributed by atoms with van der Waals surface area (Å²) in [5, 5.41) is 9.97. The van der Waals surface area contributed by atoms with Crippen molar-refractivity contribution in [1.82, 2.24) is 4.90 Å². The van der Waals surface area contributed by atoms with Crippen LogP contribution in [0.1, 0.15) is 31.2 Å². The minimum absolute atomic E-state index is 0.116. The first-order chi connectivity index (χ1) is 12.4. The van der Waals surface area contributed by atoms with E-state index in [9.17, 15) is 31.4 Å². The van der Waals surface area contributed by atoms with Crippen LogP contribution in [0.25, 0.3) is 0 Å². The molecule has 0 bridgehead atoms. The summed E-state index contributed by atoms with van der Waals surface area (Å²) < 4.78 is 83.2. The van der Waals surface area contributed by atoms with E-state index in [0.29, 0.717) is 37.8 Å². The highest BCUT2D eigenvalue weighted by atomic mass is 19.4. The van der Waals surface area contributed by atoms with Crippen LogP contribution in [0.3, 0.4) is 0 Å². The second-order valence-electron chi connectivity index (χ2n) is 7.09. The molecule has 1 heterocycles. The molecule has 1 aromatic rings. The Balaban J connectivity index is 2.02. The zero-order valence-corrected chi connectivity index (χ0v) is 14.4. The van der Waals surface area contributed by atoms with E-state index in [1.165, 1.54) is 6.07 Å². The highest BCUT2D eigenvalue weighted by molar-refractivity contribution is 5.47. The zero-order chi connectivity index (χ0) is 20.0. The summed E-state index contributed by atoms with van der Waals surface area (Å²) in [6.45, 7) is 0.674. The lowest BCUT2D eigenvalue weighted by Gasteiger charge is -2.43. The summed E-state index contributed by atoms with van der Waals surface area (Å²) in [5.41, 5.74) is -0.0911. The van der Waals surface area contributed by atoms with Crippen LogP contribution in [0.5, 0.6) is 11.5 Å². The number of rotatable bonds is 3. The maximum absolute atomic E-state index is 12.7. The van der Waals surface area contributed by atoms with Gasteiger partial charge in [0.15, 0.2) is 11.5 Å². The molecule has 0 spiro atoms. The molecule has 10 heteroatoms. The largest absolute Gasteiger partial charge is 0.573 e. The van der Waals surface area contributed by atoms with Gasteiger partial charge in [-0.05, 0) is 57.0 Å². The van der Waals surface area contributed by atoms with Crippen molar-refractivity contribution in [2.45, 2.75) is 56.0 Å². The normalized spacial score (nSPS) is 29.5. The topological polar surface area (TPSA) is 41.9 Å². The Morgan fingerprint density at radius 2 is 1.67 bits per heavy atom. The van der Waals surface area contributed by atoms with Crippen molar-refractivity contribution in [3.8, 4) is 11.5 Å². The molecule has 3 atom stereocenters. The van der Waals surface area contributed by atoms with Gasteiger partial charge in [0.1, 0.15) is 0 Å². The van der Waals surface area contributed by atoms with Crippen LogP contribution in [-0.2, 0) is 5.41 Å². The Morgan fingerprint density at radius 3 is 2.30 bits per heavy atom. The molecule has 1 N–H and O–H groups in total. The zero-order valence-electron chi connectivity index (χ0n) is 14.4. The molecule has 1 saturated carbocycles. The molecule has 3 rings (SSSR count). The van der Waals surface area contributed by atoms with Crippen molar-refractivity contribution in [2.24, 2.45) is 0 Å². The second-order valence-corrected chi connectivity index (χ2v) is 7.09. The predicted molar refractivity (Wildman–Crippen MR) is 82.4 cm³/mol. The molecule has 27 heavy (non-hydrogen) atoms. The smallest absolute Gasteiger partial charge is 0.402 e. The number of likely N-dealkylation sites (N-methyl/N-ethyl adjacent to an activating group) is 1. The quantitative estimate of drug-likeness (QED) is 0.782. The number of aliphatic hydroxyl groups is 1. The van der Waals surface area contributed by atoms with E-state index in [2.05, 4.69) is 9.47 Å². The summed E-state index contributed by atoms with van der Waals surface area (Å²) in [5.74, 6) is -2.06. The number of benzene rings is 1. The number of nitrogens with zero attached hydrogens (tertiary/aromatic N) is 1. The average Bonchev–Trinajstić information content (AvgIpc) is 2.84. The standard InChI is InChI=1S/C17H19F6NO3/c1-24-7-6-15(5-4-11(25)9-14(15)24)10-2-3-12(26-16(18,19)20)13(8-10)27-17(21,22)23/h2-3,8,11,14,25H,4-7,9H2,1H3/t11-,14+,15+/m1/s1. The number of aliphatic hydroxyl groups excluding tert-OH is 1. The number of alkyl halides is 6. The molecule has 2 aliphatic rings. The summed E-state index contributed by atoms with van der Waals surface area (Å²) in [6, 6.07) is 3.08. The lowest BCUT2D eigenvalue weighted by Crippen LogP contribution is -2.47. The van der Waals surface area contributed by atoms with E-state index in [-0.39, 0.29) is 6.04 Å². The average molecular weight is 399 g/mol. The maximum atomic E-state index is 12.7. The minimum Gasteiger partial charge on any atom is -0.402 e. The third kappa shape index (κ3) is 4.26. The SMILES string of the molecule is CN1CC[C@]2(c3ccc(OC(F)(F)F)c(OC(F)(F)F)c3)CC[C@@H](O)C[C@H]12. The molecule has 152 valence electrons. The molecule has 0 radical (unpaired) electrons. The molecular weight excluding hydrogens is 380 g/mol. The van der Waals surface area contributed by atoms with E-state index < -0.39 is 35.7 Å². The van der Waals surface area contributed by atoms with Crippen LogP contribution >= 0.6 is 0 Å². The Labute approximate surface area is 151 Å². The fourth-order valence-electron chi connectivity index (χ4n) is 4.33. The van der Waals surface area contributed by atoms with Crippen molar-refractivity contribution in [3.63, 3.8) is 0 Å². The molecule has 1 aliphatic carbocycles. The van der Waals surface area contributed by atoms with Crippen molar-refractivity contribution in [2.75, 3.05) is 13.6 Å². The predicted octanol–water partition coefficient (Wildman–Crippen LogP) is 3.97. The van der Waals surface area contributed by atoms with Crippen LogP contribution < -0.4 is 9.47 Å². The lowest BCUT2D eigenvalue weighted by molar-refractivity contribution is -0.287. The summed E-state index contributed by atoms with van der Waals surface area (Å²) in [6.07, 6.45) is -8.74. The van der Waals surface area contributed by atoms with E-state index >= 15 is 0 Å². The van der Waals surface area contributed by atoms with Crippen molar-refractivity contribution in [3.05, 3.63) is 23.8 Å². The Kier molecular flexibility index (Phi) is 5.00. The van der Waals surface area contributed by atoms with E-state index in [1.54, 1.807) is 0 Å². The van der Waals surface area contributed by atoms with Crippen LogP contribution in [0, 0.1) is 0 Å². The molecule has 0 aromatic heterocycles. The Bertz CT molecular complexity index is 692. The van der Waals surface area contributed by atoms with E-state index in [1.807, 2.05) is 11.9 Å². The fraction of sp³-hybridized carbons (Fsp3) is 0.647. The lowest BCUT2D eigenvalue weighted by atomic mass is 9.65.